The van der Waals surface area contributed by atoms with Gasteiger partial charge in [-0.15, -0.1) is 0 Å². The van der Waals surface area contributed by atoms with Gasteiger partial charge >= 0.3 is 11.9 Å². The quantitative estimate of drug-likeness (QED) is 0.324. The molecule has 1 aromatic carbocycles. The van der Waals surface area contributed by atoms with Crippen molar-refractivity contribution in [1.82, 2.24) is 15.0 Å². The van der Waals surface area contributed by atoms with Crippen molar-refractivity contribution >= 4 is 23.7 Å². The topological polar surface area (TPSA) is 139 Å². The zero-order chi connectivity index (χ0) is 15.7. The van der Waals surface area contributed by atoms with Gasteiger partial charge in [-0.05, 0) is 17.7 Å². The lowest BCUT2D eigenvalue weighted by Gasteiger charge is -2.00. The molecular formula is C13H12N4O4. The summed E-state index contributed by atoms with van der Waals surface area (Å²) in [6.45, 7) is 0. The Morgan fingerprint density at radius 1 is 0.952 bits per heavy atom. The molecule has 8 heteroatoms. The van der Waals surface area contributed by atoms with Gasteiger partial charge in [0.15, 0.2) is 0 Å². The van der Waals surface area contributed by atoms with Crippen molar-refractivity contribution in [1.29, 1.82) is 0 Å². The van der Waals surface area contributed by atoms with E-state index in [-0.39, 0.29) is 0 Å². The van der Waals surface area contributed by atoms with Crippen LogP contribution in [0.4, 0.5) is 5.69 Å². The summed E-state index contributed by atoms with van der Waals surface area (Å²) in [6.07, 6.45) is 5.34. The van der Waals surface area contributed by atoms with Crippen molar-refractivity contribution in [3.05, 3.63) is 54.4 Å². The molecule has 0 spiro atoms. The molecule has 0 aliphatic rings. The van der Waals surface area contributed by atoms with Crippen molar-refractivity contribution in [2.24, 2.45) is 0 Å². The average Bonchev–Trinajstić information content (AvgIpc) is 2.48. The number of benzene rings is 1. The van der Waals surface area contributed by atoms with Crippen LogP contribution in [0.2, 0.25) is 0 Å². The summed E-state index contributed by atoms with van der Waals surface area (Å²) in [5.41, 5.74) is 5.53. The van der Waals surface area contributed by atoms with Crippen LogP contribution in [-0.2, 0) is 9.59 Å². The van der Waals surface area contributed by atoms with Crippen LogP contribution in [0.5, 0.6) is 0 Å². The van der Waals surface area contributed by atoms with Gasteiger partial charge in [0, 0.05) is 5.69 Å². The van der Waals surface area contributed by atoms with Crippen molar-refractivity contribution in [3.63, 3.8) is 0 Å². The summed E-state index contributed by atoms with van der Waals surface area (Å²) in [5, 5.41) is 17.2. The van der Waals surface area contributed by atoms with E-state index < -0.39 is 17.5 Å². The first-order valence-corrected chi connectivity index (χ1v) is 5.60. The number of aliphatic carboxylic acids is 2. The molecule has 4 N–H and O–H groups in total. The van der Waals surface area contributed by atoms with E-state index in [0.717, 1.165) is 6.08 Å². The maximum Gasteiger partial charge on any atom is 0.343 e. The first-order valence-electron chi connectivity index (χ1n) is 5.60. The first-order chi connectivity index (χ1) is 10.0. The molecule has 0 unspecified atom stereocenters. The second kappa shape index (κ2) is 8.00. The van der Waals surface area contributed by atoms with Crippen LogP contribution in [0.15, 0.2) is 48.8 Å². The number of hydrogen-bond donors (Lipinski definition) is 3. The molecular weight excluding hydrogens is 276 g/mol. The predicted molar refractivity (Wildman–Crippen MR) is 73.9 cm³/mol. The lowest BCUT2D eigenvalue weighted by Crippen LogP contribution is -2.11. The number of carboxylic acid groups (broad SMARTS) is 2. The highest BCUT2D eigenvalue weighted by atomic mass is 16.4. The fraction of sp³-hybridized carbons (Fsp3) is 0. The van der Waals surface area contributed by atoms with E-state index in [4.69, 9.17) is 15.9 Å². The maximum atomic E-state index is 10.6. The van der Waals surface area contributed by atoms with Gasteiger partial charge in [0.1, 0.15) is 24.6 Å². The SMILES string of the molecule is Nc1ccccc1C=C(C(=O)O)C(=O)O.c1ncncn1. The van der Waals surface area contributed by atoms with E-state index in [1.807, 2.05) is 0 Å². The molecule has 0 amide bonds. The zero-order valence-corrected chi connectivity index (χ0v) is 10.7. The number of nitrogen functional groups attached to an aromatic ring is 1. The van der Waals surface area contributed by atoms with Gasteiger partial charge in [-0.25, -0.2) is 24.5 Å². The third kappa shape index (κ3) is 5.47. The molecule has 0 saturated carbocycles. The fourth-order valence-electron chi connectivity index (χ4n) is 1.22. The van der Waals surface area contributed by atoms with Crippen LogP contribution < -0.4 is 5.73 Å². The molecule has 8 nitrogen and oxygen atoms in total. The monoisotopic (exact) mass is 288 g/mol. The Kier molecular flexibility index (Phi) is 6.00. The molecule has 2 aromatic rings. The number of hydrogen-bond acceptors (Lipinski definition) is 6. The summed E-state index contributed by atoms with van der Waals surface area (Å²) in [6, 6.07) is 6.42. The highest BCUT2D eigenvalue weighted by Gasteiger charge is 2.16. The van der Waals surface area contributed by atoms with Gasteiger partial charge in [-0.3, -0.25) is 0 Å². The van der Waals surface area contributed by atoms with Crippen molar-refractivity contribution in [2.75, 3.05) is 5.73 Å². The Labute approximate surface area is 119 Å². The molecule has 1 heterocycles. The summed E-state index contributed by atoms with van der Waals surface area (Å²) in [5.74, 6) is -2.99. The largest absolute Gasteiger partial charge is 0.477 e. The minimum atomic E-state index is -1.49. The predicted octanol–water partition coefficient (Wildman–Crippen LogP) is 0.693. The van der Waals surface area contributed by atoms with Crippen LogP contribution >= 0.6 is 0 Å². The van der Waals surface area contributed by atoms with Gasteiger partial charge in [0.05, 0.1) is 0 Å². The molecule has 21 heavy (non-hydrogen) atoms. The number of anilines is 1. The minimum absolute atomic E-state index is 0.331. The lowest BCUT2D eigenvalue weighted by molar-refractivity contribution is -0.139. The van der Waals surface area contributed by atoms with Gasteiger partial charge in [0.25, 0.3) is 0 Å². The van der Waals surface area contributed by atoms with Gasteiger partial charge in [0.2, 0.25) is 0 Å². The van der Waals surface area contributed by atoms with Crippen molar-refractivity contribution in [2.45, 2.75) is 0 Å². The molecule has 0 aliphatic carbocycles. The Hall–Kier alpha value is -3.29. The summed E-state index contributed by atoms with van der Waals surface area (Å²) in [4.78, 5) is 31.8. The second-order valence-electron chi connectivity index (χ2n) is 3.59. The molecule has 0 bridgehead atoms. The van der Waals surface area contributed by atoms with Gasteiger partial charge < -0.3 is 15.9 Å². The number of carboxylic acids is 2. The molecule has 0 aliphatic heterocycles. The van der Waals surface area contributed by atoms with Crippen LogP contribution in [0.1, 0.15) is 5.56 Å². The third-order valence-electron chi connectivity index (χ3n) is 2.16. The van der Waals surface area contributed by atoms with E-state index in [1.54, 1.807) is 24.3 Å². The molecule has 108 valence electrons. The zero-order valence-electron chi connectivity index (χ0n) is 10.7. The molecule has 0 radical (unpaired) electrons. The average molecular weight is 288 g/mol. The molecule has 0 fully saturated rings. The van der Waals surface area contributed by atoms with Crippen molar-refractivity contribution < 1.29 is 19.8 Å². The highest BCUT2D eigenvalue weighted by molar-refractivity contribution is 6.16. The van der Waals surface area contributed by atoms with E-state index >= 15 is 0 Å². The first kappa shape index (κ1) is 15.8. The molecule has 0 atom stereocenters. The maximum absolute atomic E-state index is 10.6. The summed E-state index contributed by atoms with van der Waals surface area (Å²) < 4.78 is 0. The van der Waals surface area contributed by atoms with E-state index in [0.29, 0.717) is 11.3 Å². The minimum Gasteiger partial charge on any atom is -0.477 e. The van der Waals surface area contributed by atoms with Crippen LogP contribution in [-0.4, -0.2) is 37.1 Å². The van der Waals surface area contributed by atoms with Crippen LogP contribution in [0, 0.1) is 0 Å². The fourth-order valence-corrected chi connectivity index (χ4v) is 1.22. The molecule has 2 rings (SSSR count). The highest BCUT2D eigenvalue weighted by Crippen LogP contribution is 2.14. The van der Waals surface area contributed by atoms with Crippen LogP contribution in [0.25, 0.3) is 6.08 Å². The smallest absolute Gasteiger partial charge is 0.343 e. The Morgan fingerprint density at radius 3 is 1.81 bits per heavy atom. The number of carbonyl (C=O) groups is 2. The Balaban J connectivity index is 0.000000304. The Morgan fingerprint density at radius 2 is 1.43 bits per heavy atom. The normalized spacial score (nSPS) is 8.95. The van der Waals surface area contributed by atoms with E-state index in [1.165, 1.54) is 19.0 Å². The lowest BCUT2D eigenvalue weighted by atomic mass is 10.1. The number of aromatic nitrogens is 3. The van der Waals surface area contributed by atoms with E-state index in [2.05, 4.69) is 15.0 Å². The molecule has 0 saturated heterocycles. The standard InChI is InChI=1S/C10H9NO4.C3H3N3/c11-8-4-2-1-3-6(8)5-7(9(12)13)10(14)15;1-4-2-6-3-5-1/h1-5H,11H2,(H,12,13)(H,14,15);1-3H. The van der Waals surface area contributed by atoms with Crippen molar-refractivity contribution in [3.8, 4) is 0 Å². The van der Waals surface area contributed by atoms with Gasteiger partial charge in [-0.2, -0.15) is 0 Å². The summed E-state index contributed by atoms with van der Waals surface area (Å²) >= 11 is 0. The van der Waals surface area contributed by atoms with E-state index in [9.17, 15) is 9.59 Å². The van der Waals surface area contributed by atoms with Gasteiger partial charge in [-0.1, -0.05) is 18.2 Å². The third-order valence-corrected chi connectivity index (χ3v) is 2.16. The number of para-hydroxylation sites is 1. The van der Waals surface area contributed by atoms with Crippen LogP contribution in [0.3, 0.4) is 0 Å². The number of rotatable bonds is 3. The number of nitrogens with zero attached hydrogens (tertiary/aromatic N) is 3. The molecule has 1 aromatic heterocycles. The number of nitrogens with two attached hydrogens (primary N) is 1. The summed E-state index contributed by atoms with van der Waals surface area (Å²) in [7, 11) is 0. The Bertz CT molecular complexity index is 601. The second-order valence-corrected chi connectivity index (χ2v) is 3.59.